The molecule has 0 bridgehead atoms. The molecule has 6 rings (SSSR count). The summed E-state index contributed by atoms with van der Waals surface area (Å²) in [5.41, 5.74) is 5.20. The largest absolute Gasteiger partial charge is 1.00 e. The molecular weight excluding hydrogens is 755 g/mol. The van der Waals surface area contributed by atoms with E-state index in [0.717, 1.165) is 26.2 Å². The average molecular weight is 803 g/mol. The molecule has 0 aromatic heterocycles. The molecule has 4 atom stereocenters. The van der Waals surface area contributed by atoms with Gasteiger partial charge >= 0.3 is 0 Å². The third-order valence-corrected chi connectivity index (χ3v) is 8.79. The van der Waals surface area contributed by atoms with E-state index in [1.807, 2.05) is 0 Å². The summed E-state index contributed by atoms with van der Waals surface area (Å²) < 4.78 is 0. The van der Waals surface area contributed by atoms with Gasteiger partial charge < -0.3 is 55.2 Å². The van der Waals surface area contributed by atoms with Crippen LogP contribution in [-0.2, 0) is 42.7 Å². The Morgan fingerprint density at radius 1 is 0.340 bits per heavy atom. The monoisotopic (exact) mass is 800 g/mol. The number of nitrogens with zero attached hydrogens (tertiary/aromatic N) is 4. The van der Waals surface area contributed by atoms with Gasteiger partial charge in [0.05, 0.1) is 0 Å². The molecule has 0 spiro atoms. The molecular formula is C40H48Br2N4Ni-6. The van der Waals surface area contributed by atoms with Gasteiger partial charge in [0.25, 0.3) is 0 Å². The van der Waals surface area contributed by atoms with Crippen LogP contribution in [0, 0.1) is 0 Å². The molecule has 47 heavy (non-hydrogen) atoms. The summed E-state index contributed by atoms with van der Waals surface area (Å²) in [7, 11) is 0. The second kappa shape index (κ2) is 24.3. The van der Waals surface area contributed by atoms with Crippen LogP contribution >= 0.6 is 0 Å². The summed E-state index contributed by atoms with van der Waals surface area (Å²) in [6, 6.07) is 43.8. The van der Waals surface area contributed by atoms with E-state index in [1.54, 1.807) is 0 Å². The topological polar surface area (TPSA) is 56.4 Å². The van der Waals surface area contributed by atoms with Gasteiger partial charge in [0, 0.05) is 16.5 Å². The van der Waals surface area contributed by atoms with Crippen molar-refractivity contribution in [3.8, 4) is 0 Å². The maximum atomic E-state index is 4.95. The van der Waals surface area contributed by atoms with E-state index in [9.17, 15) is 0 Å². The Kier molecular flexibility index (Phi) is 21.4. The van der Waals surface area contributed by atoms with Gasteiger partial charge in [-0.05, 0) is 0 Å². The van der Waals surface area contributed by atoms with Crippen LogP contribution in [0.1, 0.15) is 73.6 Å². The van der Waals surface area contributed by atoms with Crippen LogP contribution in [0.25, 0.3) is 21.3 Å². The zero-order valence-electron chi connectivity index (χ0n) is 27.2. The summed E-state index contributed by atoms with van der Waals surface area (Å²) in [5, 5.41) is 19.8. The average Bonchev–Trinajstić information content (AvgIpc) is 3.11. The predicted molar refractivity (Wildman–Crippen MR) is 186 cm³/mol. The second-order valence-electron chi connectivity index (χ2n) is 12.1. The van der Waals surface area contributed by atoms with E-state index in [-0.39, 0.29) is 50.5 Å². The minimum Gasteiger partial charge on any atom is -1.00 e. The van der Waals surface area contributed by atoms with Gasteiger partial charge in [0.1, 0.15) is 0 Å². The van der Waals surface area contributed by atoms with Gasteiger partial charge in [0.15, 0.2) is 0 Å². The molecule has 4 aromatic carbocycles. The molecule has 0 N–H and O–H groups in total. The fourth-order valence-electron chi connectivity index (χ4n) is 6.26. The van der Waals surface area contributed by atoms with Crippen molar-refractivity contribution in [3.05, 3.63) is 165 Å². The molecule has 4 nitrogen and oxygen atoms in total. The zero-order chi connectivity index (χ0) is 30.1. The summed E-state index contributed by atoms with van der Waals surface area (Å²) in [5.74, 6) is 0. The molecule has 7 heteroatoms. The van der Waals surface area contributed by atoms with Crippen LogP contribution in [0.15, 0.2) is 121 Å². The van der Waals surface area contributed by atoms with Crippen LogP contribution in [0.5, 0.6) is 0 Å². The number of hydrogen-bond donors (Lipinski definition) is 0. The third kappa shape index (κ3) is 15.1. The first-order valence-electron chi connectivity index (χ1n) is 16.7. The van der Waals surface area contributed by atoms with Gasteiger partial charge in [0.2, 0.25) is 0 Å². The Bertz CT molecular complexity index is 1100. The normalized spacial score (nSPS) is 20.3. The fraction of sp³-hybridized carbons (Fsp3) is 0.400. The van der Waals surface area contributed by atoms with Crippen LogP contribution in [-0.4, -0.2) is 24.2 Å². The maximum Gasteiger partial charge on any atom is 0 e. The molecule has 0 radical (unpaired) electrons. The molecule has 0 aliphatic heterocycles. The third-order valence-electron chi connectivity index (χ3n) is 8.79. The summed E-state index contributed by atoms with van der Waals surface area (Å²) in [4.78, 5) is 0. The van der Waals surface area contributed by atoms with Crippen molar-refractivity contribution < 1.29 is 50.5 Å². The van der Waals surface area contributed by atoms with E-state index in [0.29, 0.717) is 24.2 Å². The number of halogens is 2. The van der Waals surface area contributed by atoms with Gasteiger partial charge in [-0.15, -0.1) is 26.2 Å². The van der Waals surface area contributed by atoms with Crippen molar-refractivity contribution in [2.45, 2.75) is 102 Å². The van der Waals surface area contributed by atoms with Gasteiger partial charge in [-0.1, -0.05) is 195 Å². The minimum atomic E-state index is 0. The molecule has 2 aliphatic rings. The Hall–Kier alpha value is -1.83. The van der Waals surface area contributed by atoms with Crippen LogP contribution in [0.2, 0.25) is 0 Å². The summed E-state index contributed by atoms with van der Waals surface area (Å²) >= 11 is 0. The zero-order valence-corrected chi connectivity index (χ0v) is 31.4. The molecule has 2 saturated carbocycles. The number of benzene rings is 4. The van der Waals surface area contributed by atoms with E-state index < -0.39 is 0 Å². The molecule has 2 fully saturated rings. The van der Waals surface area contributed by atoms with Crippen LogP contribution in [0.4, 0.5) is 0 Å². The standard InChI is InChI=1S/2C20H24N2.2BrH.Ni/c2*1-3-9-17(10-4-1)15-21-19-13-7-8-14-20(19)22-16-18-11-5-2-6-12-18;;;/h2*1-6,9-12,19-20H,7-8,13-16H2;2*1H;/q2*-2;;;/p-2/t19-,20?;19-,20-;;;/m00.../s1. The SMILES string of the molecule is [Br-].[Br-].[Ni].c1ccc(C[N-]C2CCCC[C@@H]2[N-]Cc2ccccc2)cc1.c1ccc(C[N-][C@H]2CCCC[C@@H]2[N-]Cc2ccccc2)cc1. The Morgan fingerprint density at radius 2 is 0.532 bits per heavy atom. The summed E-state index contributed by atoms with van der Waals surface area (Å²) in [6.07, 6.45) is 9.93. The van der Waals surface area contributed by atoms with Crippen molar-refractivity contribution in [2.24, 2.45) is 0 Å². The smallest absolute Gasteiger partial charge is 0 e. The van der Waals surface area contributed by atoms with E-state index in [1.165, 1.54) is 73.6 Å². The Morgan fingerprint density at radius 3 is 0.723 bits per heavy atom. The minimum absolute atomic E-state index is 0. The number of hydrogen-bond acceptors (Lipinski definition) is 0. The van der Waals surface area contributed by atoms with Crippen molar-refractivity contribution in [2.75, 3.05) is 0 Å². The molecule has 0 heterocycles. The first-order chi connectivity index (χ1) is 21.8. The molecule has 2 aliphatic carbocycles. The van der Waals surface area contributed by atoms with Crippen molar-refractivity contribution in [3.63, 3.8) is 0 Å². The van der Waals surface area contributed by atoms with Gasteiger partial charge in [-0.2, -0.15) is 24.2 Å². The summed E-state index contributed by atoms with van der Waals surface area (Å²) in [6.45, 7) is 3.29. The molecule has 4 aromatic rings. The Balaban J connectivity index is 0.000000307. The van der Waals surface area contributed by atoms with Crippen molar-refractivity contribution >= 4 is 0 Å². The van der Waals surface area contributed by atoms with E-state index >= 15 is 0 Å². The predicted octanol–water partition coefficient (Wildman–Crippen LogP) is 4.90. The van der Waals surface area contributed by atoms with Crippen molar-refractivity contribution in [1.82, 2.24) is 0 Å². The van der Waals surface area contributed by atoms with Gasteiger partial charge in [-0.25, -0.2) is 0 Å². The van der Waals surface area contributed by atoms with Crippen molar-refractivity contribution in [1.29, 1.82) is 0 Å². The first kappa shape index (κ1) is 41.3. The maximum absolute atomic E-state index is 4.95. The molecule has 0 saturated heterocycles. The quantitative estimate of drug-likeness (QED) is 0.184. The molecule has 1 unspecified atom stereocenters. The molecule has 258 valence electrons. The fourth-order valence-corrected chi connectivity index (χ4v) is 6.26. The first-order valence-corrected chi connectivity index (χ1v) is 16.7. The van der Waals surface area contributed by atoms with E-state index in [2.05, 4.69) is 121 Å². The Labute approximate surface area is 315 Å². The van der Waals surface area contributed by atoms with Crippen LogP contribution < -0.4 is 34.0 Å². The van der Waals surface area contributed by atoms with Crippen LogP contribution in [0.3, 0.4) is 0 Å². The van der Waals surface area contributed by atoms with E-state index in [4.69, 9.17) is 21.3 Å². The second-order valence-corrected chi connectivity index (χ2v) is 12.1. The number of rotatable bonds is 12. The molecule has 0 amide bonds. The van der Waals surface area contributed by atoms with Gasteiger partial charge in [-0.3, -0.25) is 0 Å².